The SMILES string of the molecule is CCC1=C(CC)C2=CC3C(CC)=C(CC)C4=CC5=C(CC)C(CC)=C6C=C7C(CC)=C(CC)C8C=C1C2C(C65)(C78)C43. The summed E-state index contributed by atoms with van der Waals surface area (Å²) >= 11 is 0. The Bertz CT molecular complexity index is 1460. The van der Waals surface area contributed by atoms with Crippen LogP contribution < -0.4 is 0 Å². The Balaban J connectivity index is 1.57. The smallest absolute Gasteiger partial charge is 0.0173 e. The summed E-state index contributed by atoms with van der Waals surface area (Å²) in [6, 6.07) is 0. The van der Waals surface area contributed by atoms with Crippen LogP contribution in [0.15, 0.2) is 102 Å². The lowest BCUT2D eigenvalue weighted by molar-refractivity contribution is -0.0122. The van der Waals surface area contributed by atoms with Gasteiger partial charge in [-0.15, -0.1) is 0 Å². The van der Waals surface area contributed by atoms with Gasteiger partial charge in [0.1, 0.15) is 0 Å². The van der Waals surface area contributed by atoms with Gasteiger partial charge in [-0.25, -0.2) is 0 Å². The number of hydrogen-bond donors (Lipinski definition) is 0. The van der Waals surface area contributed by atoms with Crippen LogP contribution in [0.4, 0.5) is 0 Å². The highest BCUT2D eigenvalue weighted by Gasteiger charge is 2.73. The summed E-state index contributed by atoms with van der Waals surface area (Å²) in [6.45, 7) is 19.6. The molecule has 8 aliphatic carbocycles. The molecule has 0 heterocycles. The van der Waals surface area contributed by atoms with Gasteiger partial charge in [-0.2, -0.15) is 0 Å². The summed E-state index contributed by atoms with van der Waals surface area (Å²) in [6.07, 6.45) is 20.8. The lowest BCUT2D eigenvalue weighted by Gasteiger charge is -2.64. The van der Waals surface area contributed by atoms with Gasteiger partial charge in [-0.1, -0.05) is 90.8 Å². The molecule has 1 spiro atoms. The van der Waals surface area contributed by atoms with E-state index < -0.39 is 0 Å². The maximum Gasteiger partial charge on any atom is 0.0173 e. The molecule has 0 N–H and O–H groups in total. The van der Waals surface area contributed by atoms with E-state index in [1.54, 1.807) is 78.0 Å². The van der Waals surface area contributed by atoms with Gasteiger partial charge in [0.25, 0.3) is 0 Å². The molecule has 4 atom stereocenters. The van der Waals surface area contributed by atoms with Crippen molar-refractivity contribution in [3.05, 3.63) is 102 Å². The molecule has 4 unspecified atom stereocenters. The molecular weight excluding hydrogens is 492 g/mol. The quantitative estimate of drug-likeness (QED) is 0.286. The van der Waals surface area contributed by atoms with Crippen molar-refractivity contribution in [2.75, 3.05) is 0 Å². The Morgan fingerprint density at radius 1 is 0.439 bits per heavy atom. The molecule has 214 valence electrons. The fraction of sp³-hybridized carbons (Fsp3) is 0.561. The van der Waals surface area contributed by atoms with Crippen LogP contribution in [0.2, 0.25) is 0 Å². The van der Waals surface area contributed by atoms with Crippen LogP contribution >= 0.6 is 0 Å². The van der Waals surface area contributed by atoms with E-state index in [0.29, 0.717) is 35.5 Å². The second-order valence-corrected chi connectivity index (χ2v) is 14.0. The maximum atomic E-state index is 2.86. The Morgan fingerprint density at radius 3 is 1.17 bits per heavy atom. The first-order chi connectivity index (χ1) is 20.0. The third-order valence-corrected chi connectivity index (χ3v) is 13.3. The van der Waals surface area contributed by atoms with Crippen molar-refractivity contribution in [2.24, 2.45) is 40.9 Å². The first-order valence-electron chi connectivity index (χ1n) is 17.5. The highest BCUT2D eigenvalue weighted by atomic mass is 14.8. The standard InChI is InChI=1S/C41H50/c1-9-21-22(10-2)30-18-32-25(13-5)26(14-6)34-20-36-28(16-8)27(15-7)35-19-33-24(12-4)23(11-3)31-17-29(21)37(30)41(38(31)33,39(32)34)40(35)36/h17-20,29,35,37-40H,9-16H2,1-8H3. The van der Waals surface area contributed by atoms with E-state index in [-0.39, 0.29) is 5.41 Å². The molecule has 8 aliphatic rings. The lowest BCUT2D eigenvalue weighted by atomic mass is 9.37. The predicted octanol–water partition coefficient (Wildman–Crippen LogP) is 11.2. The van der Waals surface area contributed by atoms with E-state index in [1.165, 1.54) is 51.4 Å². The molecule has 0 nitrogen and oxygen atoms in total. The van der Waals surface area contributed by atoms with Crippen molar-refractivity contribution in [3.63, 3.8) is 0 Å². The third kappa shape index (κ3) is 2.68. The molecule has 8 rings (SSSR count). The van der Waals surface area contributed by atoms with Crippen LogP contribution in [-0.2, 0) is 0 Å². The fourth-order valence-corrected chi connectivity index (χ4v) is 12.6. The van der Waals surface area contributed by atoms with Crippen LogP contribution in [0.25, 0.3) is 0 Å². The zero-order valence-corrected chi connectivity index (χ0v) is 26.9. The van der Waals surface area contributed by atoms with Gasteiger partial charge in [0.05, 0.1) is 0 Å². The Kier molecular flexibility index (Phi) is 5.67. The van der Waals surface area contributed by atoms with E-state index in [1.807, 2.05) is 0 Å². The summed E-state index contributed by atoms with van der Waals surface area (Å²) in [5, 5.41) is 0. The van der Waals surface area contributed by atoms with E-state index in [2.05, 4.69) is 79.7 Å². The van der Waals surface area contributed by atoms with Gasteiger partial charge in [-0.05, 0) is 118 Å². The maximum absolute atomic E-state index is 2.86. The molecule has 0 heteroatoms. The fourth-order valence-electron chi connectivity index (χ4n) is 12.6. The number of hydrogen-bond acceptors (Lipinski definition) is 0. The van der Waals surface area contributed by atoms with E-state index in [4.69, 9.17) is 0 Å². The number of rotatable bonds is 8. The first kappa shape index (κ1) is 26.3. The molecular formula is C41H50. The summed E-state index contributed by atoms with van der Waals surface area (Å²) in [5.41, 5.74) is 24.7. The second-order valence-electron chi connectivity index (χ2n) is 14.0. The molecule has 0 saturated heterocycles. The first-order valence-corrected chi connectivity index (χ1v) is 17.5. The second kappa shape index (κ2) is 8.84. The molecule has 0 radical (unpaired) electrons. The van der Waals surface area contributed by atoms with Crippen molar-refractivity contribution in [1.29, 1.82) is 0 Å². The summed E-state index contributed by atoms with van der Waals surface area (Å²) in [5.74, 6) is 3.55. The Hall–Kier alpha value is -2.34. The van der Waals surface area contributed by atoms with E-state index >= 15 is 0 Å². The zero-order valence-electron chi connectivity index (χ0n) is 26.9. The molecule has 41 heavy (non-hydrogen) atoms. The minimum absolute atomic E-state index is 0.228. The average molecular weight is 543 g/mol. The van der Waals surface area contributed by atoms with Crippen molar-refractivity contribution in [2.45, 2.75) is 107 Å². The van der Waals surface area contributed by atoms with Gasteiger partial charge in [-0.3, -0.25) is 0 Å². The van der Waals surface area contributed by atoms with Gasteiger partial charge >= 0.3 is 0 Å². The lowest BCUT2D eigenvalue weighted by Crippen LogP contribution is -2.60. The molecule has 0 bridgehead atoms. The normalized spacial score (nSPS) is 37.3. The minimum Gasteiger partial charge on any atom is -0.0725 e. The Morgan fingerprint density at radius 2 is 0.829 bits per heavy atom. The van der Waals surface area contributed by atoms with Crippen LogP contribution in [-0.4, -0.2) is 0 Å². The van der Waals surface area contributed by atoms with Crippen LogP contribution in [0.1, 0.15) is 107 Å². The topological polar surface area (TPSA) is 0 Å². The van der Waals surface area contributed by atoms with Crippen LogP contribution in [0, 0.1) is 40.9 Å². The van der Waals surface area contributed by atoms with Gasteiger partial charge in [0.15, 0.2) is 0 Å². The van der Waals surface area contributed by atoms with Gasteiger partial charge < -0.3 is 0 Å². The average Bonchev–Trinajstić information content (AvgIpc) is 3.69. The number of allylic oxidation sites excluding steroid dienone is 18. The van der Waals surface area contributed by atoms with Crippen LogP contribution in [0.5, 0.6) is 0 Å². The summed E-state index contributed by atoms with van der Waals surface area (Å²) < 4.78 is 0. The molecule has 0 aliphatic heterocycles. The minimum atomic E-state index is 0.228. The highest BCUT2D eigenvalue weighted by molar-refractivity contribution is 5.75. The zero-order chi connectivity index (χ0) is 28.5. The van der Waals surface area contributed by atoms with Gasteiger partial charge in [0, 0.05) is 40.9 Å². The van der Waals surface area contributed by atoms with E-state index in [0.717, 1.165) is 0 Å². The largest absolute Gasteiger partial charge is 0.0725 e. The molecule has 0 amide bonds. The molecule has 0 aromatic rings. The summed E-state index contributed by atoms with van der Waals surface area (Å²) in [7, 11) is 0. The molecule has 0 aromatic heterocycles. The van der Waals surface area contributed by atoms with Crippen LogP contribution in [0.3, 0.4) is 0 Å². The van der Waals surface area contributed by atoms with Crippen molar-refractivity contribution >= 4 is 0 Å². The van der Waals surface area contributed by atoms with Crippen molar-refractivity contribution in [3.8, 4) is 0 Å². The van der Waals surface area contributed by atoms with Crippen molar-refractivity contribution in [1.82, 2.24) is 0 Å². The monoisotopic (exact) mass is 542 g/mol. The van der Waals surface area contributed by atoms with Gasteiger partial charge in [0.2, 0.25) is 0 Å². The highest BCUT2D eigenvalue weighted by Crippen LogP contribution is 2.80. The Labute approximate surface area is 249 Å². The predicted molar refractivity (Wildman–Crippen MR) is 173 cm³/mol. The molecule has 0 saturated carbocycles. The van der Waals surface area contributed by atoms with E-state index in [9.17, 15) is 0 Å². The molecule has 0 aromatic carbocycles. The third-order valence-electron chi connectivity index (χ3n) is 13.3. The molecule has 0 fully saturated rings. The van der Waals surface area contributed by atoms with Crippen molar-refractivity contribution < 1.29 is 0 Å². The summed E-state index contributed by atoms with van der Waals surface area (Å²) in [4.78, 5) is 0.